The van der Waals surface area contributed by atoms with E-state index in [-0.39, 0.29) is 18.6 Å². The predicted molar refractivity (Wildman–Crippen MR) is 116 cm³/mol. The van der Waals surface area contributed by atoms with Gasteiger partial charge in [0.1, 0.15) is 5.75 Å². The molecule has 158 valence electrons. The van der Waals surface area contributed by atoms with Crippen LogP contribution in [0.15, 0.2) is 53.6 Å². The zero-order valence-electron chi connectivity index (χ0n) is 16.6. The van der Waals surface area contributed by atoms with Crippen molar-refractivity contribution in [3.63, 3.8) is 0 Å². The number of anilines is 1. The van der Waals surface area contributed by atoms with Crippen LogP contribution in [0.4, 0.5) is 5.69 Å². The van der Waals surface area contributed by atoms with E-state index in [1.54, 1.807) is 55.5 Å². The van der Waals surface area contributed by atoms with Crippen LogP contribution in [0, 0.1) is 0 Å². The summed E-state index contributed by atoms with van der Waals surface area (Å²) in [6, 6.07) is 13.4. The van der Waals surface area contributed by atoms with Crippen LogP contribution in [0.3, 0.4) is 0 Å². The largest absolute Gasteiger partial charge is 0.484 e. The summed E-state index contributed by atoms with van der Waals surface area (Å²) in [5, 5.41) is 9.51. The van der Waals surface area contributed by atoms with E-state index < -0.39 is 11.8 Å². The molecule has 2 rings (SSSR count). The fraction of sp³-hybridized carbons (Fsp3) is 0.238. The Labute approximate surface area is 179 Å². The highest BCUT2D eigenvalue weighted by atomic mass is 35.5. The molecule has 0 saturated heterocycles. The molecule has 0 aliphatic heterocycles. The van der Waals surface area contributed by atoms with Gasteiger partial charge in [-0.3, -0.25) is 14.4 Å². The van der Waals surface area contributed by atoms with Crippen LogP contribution in [-0.2, 0) is 14.4 Å². The number of hydrogen-bond acceptors (Lipinski definition) is 5. The minimum Gasteiger partial charge on any atom is -0.484 e. The Morgan fingerprint density at radius 1 is 1.13 bits per heavy atom. The van der Waals surface area contributed by atoms with E-state index in [1.807, 2.05) is 6.92 Å². The van der Waals surface area contributed by atoms with Crippen LogP contribution in [-0.4, -0.2) is 36.6 Å². The molecular weight excluding hydrogens is 408 g/mol. The lowest BCUT2D eigenvalue weighted by Gasteiger charge is -2.09. The third kappa shape index (κ3) is 7.92. The smallest absolute Gasteiger partial charge is 0.329 e. The summed E-state index contributed by atoms with van der Waals surface area (Å²) in [5.41, 5.74) is 3.43. The third-order valence-corrected chi connectivity index (χ3v) is 4.17. The Hall–Kier alpha value is -3.39. The minimum atomic E-state index is -0.836. The van der Waals surface area contributed by atoms with Gasteiger partial charge in [-0.05, 0) is 61.4 Å². The lowest BCUT2D eigenvalue weighted by atomic mass is 10.2. The van der Waals surface area contributed by atoms with Gasteiger partial charge in [-0.25, -0.2) is 5.43 Å². The molecule has 0 aromatic heterocycles. The summed E-state index contributed by atoms with van der Waals surface area (Å²) in [6.45, 7) is 3.54. The van der Waals surface area contributed by atoms with E-state index in [1.165, 1.54) is 6.21 Å². The van der Waals surface area contributed by atoms with Crippen LogP contribution in [0.25, 0.3) is 0 Å². The molecule has 0 saturated carbocycles. The van der Waals surface area contributed by atoms with Crippen LogP contribution in [0.2, 0.25) is 5.02 Å². The van der Waals surface area contributed by atoms with Gasteiger partial charge in [-0.1, -0.05) is 24.6 Å². The van der Waals surface area contributed by atoms with Crippen molar-refractivity contribution >= 4 is 41.2 Å². The average Bonchev–Trinajstić information content (AvgIpc) is 2.73. The van der Waals surface area contributed by atoms with Crippen molar-refractivity contribution in [1.29, 1.82) is 0 Å². The second-order valence-corrected chi connectivity index (χ2v) is 6.83. The van der Waals surface area contributed by atoms with Crippen LogP contribution >= 0.6 is 11.6 Å². The van der Waals surface area contributed by atoms with E-state index >= 15 is 0 Å². The van der Waals surface area contributed by atoms with Gasteiger partial charge in [-0.2, -0.15) is 5.10 Å². The molecule has 2 aromatic rings. The van der Waals surface area contributed by atoms with Gasteiger partial charge >= 0.3 is 11.8 Å². The van der Waals surface area contributed by atoms with Crippen LogP contribution in [0.5, 0.6) is 5.75 Å². The highest BCUT2D eigenvalue weighted by Gasteiger charge is 2.14. The number of carbonyl (C=O) groups is 3. The molecule has 1 atom stereocenters. The standard InChI is InChI=1S/C21H23ClN4O4/c1-3-14(2)24-20(28)21(29)26-23-12-15-7-9-18(10-8-15)30-13-19(27)25-17-6-4-5-16(22)11-17/h4-12,14H,3,13H2,1-2H3,(H,24,28)(H,25,27)(H,26,29)/b23-12-/t14-/m1/s1. The van der Waals surface area contributed by atoms with Crippen molar-refractivity contribution < 1.29 is 19.1 Å². The number of halogens is 1. The van der Waals surface area contributed by atoms with E-state index in [4.69, 9.17) is 16.3 Å². The van der Waals surface area contributed by atoms with E-state index in [0.29, 0.717) is 22.0 Å². The molecule has 3 N–H and O–H groups in total. The fourth-order valence-electron chi connectivity index (χ4n) is 2.17. The zero-order valence-corrected chi connectivity index (χ0v) is 17.4. The van der Waals surface area contributed by atoms with E-state index in [2.05, 4.69) is 21.2 Å². The first kappa shape index (κ1) is 22.9. The van der Waals surface area contributed by atoms with Crippen molar-refractivity contribution in [2.45, 2.75) is 26.3 Å². The Kier molecular flexibility index (Phi) is 8.83. The molecular formula is C21H23ClN4O4. The van der Waals surface area contributed by atoms with Crippen molar-refractivity contribution in [2.24, 2.45) is 5.10 Å². The van der Waals surface area contributed by atoms with E-state index in [0.717, 1.165) is 6.42 Å². The molecule has 8 nitrogen and oxygen atoms in total. The van der Waals surface area contributed by atoms with Crippen molar-refractivity contribution in [1.82, 2.24) is 10.7 Å². The Morgan fingerprint density at radius 3 is 2.53 bits per heavy atom. The van der Waals surface area contributed by atoms with Crippen molar-refractivity contribution in [3.05, 3.63) is 59.1 Å². The monoisotopic (exact) mass is 430 g/mol. The topological polar surface area (TPSA) is 109 Å². The van der Waals surface area contributed by atoms with Crippen LogP contribution < -0.4 is 20.8 Å². The highest BCUT2D eigenvalue weighted by Crippen LogP contribution is 2.15. The van der Waals surface area contributed by atoms with Gasteiger partial charge in [0.25, 0.3) is 5.91 Å². The first-order valence-electron chi connectivity index (χ1n) is 9.29. The first-order valence-corrected chi connectivity index (χ1v) is 9.67. The highest BCUT2D eigenvalue weighted by molar-refractivity contribution is 6.35. The van der Waals surface area contributed by atoms with Crippen LogP contribution in [0.1, 0.15) is 25.8 Å². The molecule has 0 unspecified atom stereocenters. The van der Waals surface area contributed by atoms with Crippen molar-refractivity contribution in [3.8, 4) is 5.75 Å². The summed E-state index contributed by atoms with van der Waals surface area (Å²) < 4.78 is 5.43. The quantitative estimate of drug-likeness (QED) is 0.340. The third-order valence-electron chi connectivity index (χ3n) is 3.93. The molecule has 0 aliphatic carbocycles. The number of hydrogen-bond donors (Lipinski definition) is 3. The normalized spacial score (nSPS) is 11.6. The molecule has 9 heteroatoms. The summed E-state index contributed by atoms with van der Waals surface area (Å²) in [5.74, 6) is -1.40. The number of nitrogens with one attached hydrogen (secondary N) is 3. The van der Waals surface area contributed by atoms with Gasteiger partial charge in [0.05, 0.1) is 6.21 Å². The Morgan fingerprint density at radius 2 is 1.87 bits per heavy atom. The lowest BCUT2D eigenvalue weighted by molar-refractivity contribution is -0.139. The molecule has 30 heavy (non-hydrogen) atoms. The minimum absolute atomic E-state index is 0.0904. The number of amides is 3. The molecule has 3 amide bonds. The molecule has 0 bridgehead atoms. The molecule has 2 aromatic carbocycles. The number of rotatable bonds is 8. The number of benzene rings is 2. The summed E-state index contributed by atoms with van der Waals surface area (Å²) in [4.78, 5) is 35.2. The Balaban J connectivity index is 1.77. The number of hydrazone groups is 1. The maximum absolute atomic E-state index is 11.9. The molecule has 0 aliphatic rings. The molecule has 0 fully saturated rings. The summed E-state index contributed by atoms with van der Waals surface area (Å²) in [6.07, 6.45) is 2.11. The first-order chi connectivity index (χ1) is 14.4. The van der Waals surface area contributed by atoms with Gasteiger partial charge in [0, 0.05) is 16.8 Å². The SMILES string of the molecule is CC[C@@H](C)NC(=O)C(=O)N/N=C\c1ccc(OCC(=O)Nc2cccc(Cl)c2)cc1. The van der Waals surface area contributed by atoms with Gasteiger partial charge in [0.15, 0.2) is 6.61 Å². The maximum Gasteiger partial charge on any atom is 0.329 e. The van der Waals surface area contributed by atoms with Crippen molar-refractivity contribution in [2.75, 3.05) is 11.9 Å². The fourth-order valence-corrected chi connectivity index (χ4v) is 2.36. The predicted octanol–water partition coefficient (Wildman–Crippen LogP) is 2.72. The summed E-state index contributed by atoms with van der Waals surface area (Å²) >= 11 is 5.87. The maximum atomic E-state index is 11.9. The summed E-state index contributed by atoms with van der Waals surface area (Å²) in [7, 11) is 0. The molecule has 0 radical (unpaired) electrons. The zero-order chi connectivity index (χ0) is 21.9. The molecule has 0 heterocycles. The van der Waals surface area contributed by atoms with E-state index in [9.17, 15) is 14.4 Å². The average molecular weight is 431 g/mol. The second-order valence-electron chi connectivity index (χ2n) is 6.40. The lowest BCUT2D eigenvalue weighted by Crippen LogP contribution is -2.41. The second kappa shape index (κ2) is 11.6. The number of nitrogens with zero attached hydrogens (tertiary/aromatic N) is 1. The van der Waals surface area contributed by atoms with Gasteiger partial charge in [0.2, 0.25) is 0 Å². The number of ether oxygens (including phenoxy) is 1. The number of carbonyl (C=O) groups excluding carboxylic acids is 3. The Bertz CT molecular complexity index is 915. The molecule has 0 spiro atoms. The van der Waals surface area contributed by atoms with Gasteiger partial charge < -0.3 is 15.4 Å². The van der Waals surface area contributed by atoms with Gasteiger partial charge in [-0.15, -0.1) is 0 Å².